The topological polar surface area (TPSA) is 42.2 Å². The summed E-state index contributed by atoms with van der Waals surface area (Å²) >= 11 is 0. The van der Waals surface area contributed by atoms with Gasteiger partial charge in [-0.05, 0) is 38.4 Å². The van der Waals surface area contributed by atoms with Crippen LogP contribution in [0.5, 0.6) is 0 Å². The van der Waals surface area contributed by atoms with Crippen LogP contribution in [0, 0.1) is 13.8 Å². The summed E-state index contributed by atoms with van der Waals surface area (Å²) in [5.74, 6) is 0. The fourth-order valence-electron chi connectivity index (χ4n) is 2.73. The van der Waals surface area contributed by atoms with Crippen molar-refractivity contribution in [1.82, 2.24) is 19.9 Å². The summed E-state index contributed by atoms with van der Waals surface area (Å²) in [5, 5.41) is 7.82. The lowest BCUT2D eigenvalue weighted by molar-refractivity contribution is 0.594. The van der Waals surface area contributed by atoms with Gasteiger partial charge in [0, 0.05) is 24.0 Å². The van der Waals surface area contributed by atoms with Crippen LogP contribution < -0.4 is 5.32 Å². The first-order valence-corrected chi connectivity index (χ1v) is 7.19. The zero-order chi connectivity index (χ0) is 14.8. The minimum absolute atomic E-state index is 0.229. The van der Waals surface area contributed by atoms with E-state index in [4.69, 9.17) is 0 Å². The molecule has 0 fully saturated rings. The van der Waals surface area contributed by atoms with Crippen LogP contribution in [0.3, 0.4) is 0 Å². The van der Waals surface area contributed by atoms with E-state index in [2.05, 4.69) is 47.4 Å². The Labute approximate surface area is 124 Å². The van der Waals surface area contributed by atoms with E-state index in [1.165, 1.54) is 22.3 Å². The van der Waals surface area contributed by atoms with Crippen molar-refractivity contribution in [1.29, 1.82) is 0 Å². The van der Waals surface area contributed by atoms with Gasteiger partial charge < -0.3 is 5.32 Å². The zero-order valence-electron chi connectivity index (χ0n) is 12.7. The van der Waals surface area contributed by atoms with Gasteiger partial charge in [-0.1, -0.05) is 23.8 Å². The van der Waals surface area contributed by atoms with Crippen molar-refractivity contribution in [3.8, 4) is 0 Å². The molecule has 1 unspecified atom stereocenters. The minimum Gasteiger partial charge on any atom is -0.313 e. The molecule has 0 spiro atoms. The average molecular weight is 280 g/mol. The van der Waals surface area contributed by atoms with Crippen molar-refractivity contribution < 1.29 is 0 Å². The summed E-state index contributed by atoms with van der Waals surface area (Å²) in [6.45, 7) is 4.30. The predicted molar refractivity (Wildman–Crippen MR) is 84.4 cm³/mol. The van der Waals surface area contributed by atoms with Crippen LogP contribution >= 0.6 is 0 Å². The Hall–Kier alpha value is -2.20. The van der Waals surface area contributed by atoms with Crippen molar-refractivity contribution in [2.24, 2.45) is 0 Å². The summed E-state index contributed by atoms with van der Waals surface area (Å²) in [6, 6.07) is 6.85. The number of likely N-dealkylation sites (N-methyl/N-ethyl adjacent to an activating group) is 1. The third-order valence-electron chi connectivity index (χ3n) is 4.01. The largest absolute Gasteiger partial charge is 0.313 e. The van der Waals surface area contributed by atoms with E-state index in [1.807, 2.05) is 30.2 Å². The van der Waals surface area contributed by atoms with E-state index >= 15 is 0 Å². The standard InChI is InChI=1S/C17H20N4/c1-12-4-5-13(2)14(8-12)9-16(18-3)15-10-20-21-7-6-19-11-17(15)21/h4-8,10-11,16,18H,9H2,1-3H3. The van der Waals surface area contributed by atoms with E-state index in [0.717, 1.165) is 11.9 Å². The number of benzene rings is 1. The van der Waals surface area contributed by atoms with Crippen LogP contribution in [0.4, 0.5) is 0 Å². The molecule has 21 heavy (non-hydrogen) atoms. The van der Waals surface area contributed by atoms with Gasteiger partial charge in [-0.25, -0.2) is 4.52 Å². The molecular formula is C17H20N4. The van der Waals surface area contributed by atoms with Gasteiger partial charge >= 0.3 is 0 Å². The van der Waals surface area contributed by atoms with Gasteiger partial charge in [0.1, 0.15) is 0 Å². The molecule has 0 saturated heterocycles. The van der Waals surface area contributed by atoms with E-state index < -0.39 is 0 Å². The van der Waals surface area contributed by atoms with Crippen molar-refractivity contribution in [3.05, 3.63) is 65.2 Å². The predicted octanol–water partition coefficient (Wildman–Crippen LogP) is 2.85. The molecule has 4 heteroatoms. The minimum atomic E-state index is 0.229. The number of nitrogens with zero attached hydrogens (tertiary/aromatic N) is 3. The number of nitrogens with one attached hydrogen (secondary N) is 1. The van der Waals surface area contributed by atoms with E-state index in [0.29, 0.717) is 0 Å². The Balaban J connectivity index is 1.97. The molecule has 4 nitrogen and oxygen atoms in total. The molecule has 0 bridgehead atoms. The highest BCUT2D eigenvalue weighted by Crippen LogP contribution is 2.24. The average Bonchev–Trinajstić information content (AvgIpc) is 2.92. The molecule has 0 saturated carbocycles. The maximum Gasteiger partial charge on any atom is 0.0892 e. The van der Waals surface area contributed by atoms with Crippen molar-refractivity contribution in [2.45, 2.75) is 26.3 Å². The first kappa shape index (κ1) is 13.8. The molecule has 3 rings (SSSR count). The highest BCUT2D eigenvalue weighted by Gasteiger charge is 2.16. The van der Waals surface area contributed by atoms with Crippen LogP contribution in [-0.4, -0.2) is 21.6 Å². The molecule has 0 amide bonds. The number of hydrogen-bond acceptors (Lipinski definition) is 3. The van der Waals surface area contributed by atoms with Gasteiger partial charge in [0.15, 0.2) is 0 Å². The van der Waals surface area contributed by atoms with Gasteiger partial charge in [0.05, 0.1) is 17.9 Å². The fourth-order valence-corrected chi connectivity index (χ4v) is 2.73. The SMILES string of the molecule is CNC(Cc1cc(C)ccc1C)c1cnn2ccncc12. The molecule has 2 aromatic heterocycles. The zero-order valence-corrected chi connectivity index (χ0v) is 12.7. The molecule has 0 radical (unpaired) electrons. The lowest BCUT2D eigenvalue weighted by atomic mass is 9.96. The Morgan fingerprint density at radius 1 is 1.24 bits per heavy atom. The Morgan fingerprint density at radius 2 is 2.10 bits per heavy atom. The summed E-state index contributed by atoms with van der Waals surface area (Å²) in [7, 11) is 2.00. The van der Waals surface area contributed by atoms with Crippen LogP contribution in [0.1, 0.15) is 28.3 Å². The highest BCUT2D eigenvalue weighted by atomic mass is 15.2. The summed E-state index contributed by atoms with van der Waals surface area (Å²) < 4.78 is 1.87. The molecule has 108 valence electrons. The van der Waals surface area contributed by atoms with Gasteiger partial charge in [0.25, 0.3) is 0 Å². The highest BCUT2D eigenvalue weighted by molar-refractivity contribution is 5.53. The van der Waals surface area contributed by atoms with Gasteiger partial charge in [-0.2, -0.15) is 5.10 Å². The third kappa shape index (κ3) is 2.67. The lowest BCUT2D eigenvalue weighted by Crippen LogP contribution is -2.19. The first-order chi connectivity index (χ1) is 10.2. The monoisotopic (exact) mass is 280 g/mol. The molecule has 3 aromatic rings. The third-order valence-corrected chi connectivity index (χ3v) is 4.01. The quantitative estimate of drug-likeness (QED) is 0.799. The fraction of sp³-hybridized carbons (Fsp3) is 0.294. The number of fused-ring (bicyclic) bond motifs is 1. The second kappa shape index (κ2) is 5.66. The first-order valence-electron chi connectivity index (χ1n) is 7.19. The van der Waals surface area contributed by atoms with Gasteiger partial charge in [0.2, 0.25) is 0 Å². The van der Waals surface area contributed by atoms with Crippen molar-refractivity contribution >= 4 is 5.52 Å². The van der Waals surface area contributed by atoms with E-state index in [1.54, 1.807) is 6.20 Å². The van der Waals surface area contributed by atoms with Crippen LogP contribution in [0.15, 0.2) is 43.0 Å². The lowest BCUT2D eigenvalue weighted by Gasteiger charge is -2.17. The number of aryl methyl sites for hydroxylation is 2. The summed E-state index contributed by atoms with van der Waals surface area (Å²) in [5.41, 5.74) is 6.24. The van der Waals surface area contributed by atoms with Crippen LogP contribution in [0.25, 0.3) is 5.52 Å². The molecule has 2 heterocycles. The molecular weight excluding hydrogens is 260 g/mol. The number of aromatic nitrogens is 3. The molecule has 1 N–H and O–H groups in total. The smallest absolute Gasteiger partial charge is 0.0892 e. The molecule has 1 atom stereocenters. The molecule has 1 aromatic carbocycles. The normalized spacial score (nSPS) is 12.7. The molecule has 0 aliphatic heterocycles. The second-order valence-corrected chi connectivity index (χ2v) is 5.48. The second-order valence-electron chi connectivity index (χ2n) is 5.48. The maximum atomic E-state index is 4.41. The molecule has 0 aliphatic carbocycles. The maximum absolute atomic E-state index is 4.41. The summed E-state index contributed by atoms with van der Waals surface area (Å²) in [4.78, 5) is 4.21. The Morgan fingerprint density at radius 3 is 2.90 bits per heavy atom. The molecule has 0 aliphatic rings. The van der Waals surface area contributed by atoms with E-state index in [9.17, 15) is 0 Å². The number of rotatable bonds is 4. The van der Waals surface area contributed by atoms with Gasteiger partial charge in [-0.15, -0.1) is 0 Å². The number of hydrogen-bond donors (Lipinski definition) is 1. The Kier molecular flexibility index (Phi) is 3.71. The summed E-state index contributed by atoms with van der Waals surface area (Å²) in [6.07, 6.45) is 8.38. The van der Waals surface area contributed by atoms with E-state index in [-0.39, 0.29) is 6.04 Å². The van der Waals surface area contributed by atoms with Crippen LogP contribution in [-0.2, 0) is 6.42 Å². The van der Waals surface area contributed by atoms with Crippen LogP contribution in [0.2, 0.25) is 0 Å². The van der Waals surface area contributed by atoms with Gasteiger partial charge in [-0.3, -0.25) is 4.98 Å². The Bertz CT molecular complexity index is 760. The van der Waals surface area contributed by atoms with Crippen molar-refractivity contribution in [3.63, 3.8) is 0 Å². The van der Waals surface area contributed by atoms with Crippen molar-refractivity contribution in [2.75, 3.05) is 7.05 Å².